The lowest BCUT2D eigenvalue weighted by Gasteiger charge is -2.26. The van der Waals surface area contributed by atoms with Crippen molar-refractivity contribution < 1.29 is 14.3 Å². The van der Waals surface area contributed by atoms with Gasteiger partial charge >= 0.3 is 5.97 Å². The molecule has 30 heavy (non-hydrogen) atoms. The van der Waals surface area contributed by atoms with Crippen molar-refractivity contribution in [2.75, 3.05) is 12.4 Å². The standard InChI is InChI=1S/C23H28BrN3O3/c1-14(2)30-21(25)20-18(15-9-11-16(24)12-10-15)13-19(23(28)29-3)27-22(20)26-17-7-5-4-6-8-17/h9-14,17,25H,4-8H2,1-3H3,(H,26,27). The molecule has 1 fully saturated rings. The van der Waals surface area contributed by atoms with E-state index in [4.69, 9.17) is 14.9 Å². The van der Waals surface area contributed by atoms with Crippen LogP contribution in [0.25, 0.3) is 11.1 Å². The number of esters is 1. The van der Waals surface area contributed by atoms with E-state index < -0.39 is 5.97 Å². The maximum atomic E-state index is 12.3. The van der Waals surface area contributed by atoms with Gasteiger partial charge in [-0.2, -0.15) is 0 Å². The van der Waals surface area contributed by atoms with Crippen LogP contribution in [0.5, 0.6) is 0 Å². The van der Waals surface area contributed by atoms with Crippen molar-refractivity contribution >= 4 is 33.6 Å². The summed E-state index contributed by atoms with van der Waals surface area (Å²) in [4.78, 5) is 16.9. The van der Waals surface area contributed by atoms with Crippen LogP contribution in [0.3, 0.4) is 0 Å². The summed E-state index contributed by atoms with van der Waals surface area (Å²) in [5.41, 5.74) is 2.34. The Labute approximate surface area is 186 Å². The predicted molar refractivity (Wildman–Crippen MR) is 122 cm³/mol. The molecule has 0 spiro atoms. The molecule has 3 rings (SSSR count). The zero-order valence-corrected chi connectivity index (χ0v) is 19.2. The van der Waals surface area contributed by atoms with Crippen molar-refractivity contribution in [2.45, 2.75) is 58.1 Å². The molecule has 1 aliphatic carbocycles. The highest BCUT2D eigenvalue weighted by Gasteiger charge is 2.25. The second-order valence-electron chi connectivity index (χ2n) is 7.75. The zero-order chi connectivity index (χ0) is 21.7. The quantitative estimate of drug-likeness (QED) is 0.314. The molecule has 1 aliphatic rings. The van der Waals surface area contributed by atoms with Crippen LogP contribution in [0.2, 0.25) is 0 Å². The number of nitrogens with one attached hydrogen (secondary N) is 2. The number of carbonyl (C=O) groups excluding carboxylic acids is 1. The van der Waals surface area contributed by atoms with Gasteiger partial charge in [0, 0.05) is 16.1 Å². The highest BCUT2D eigenvalue weighted by molar-refractivity contribution is 9.10. The van der Waals surface area contributed by atoms with Crippen molar-refractivity contribution in [3.63, 3.8) is 0 Å². The Morgan fingerprint density at radius 2 is 1.87 bits per heavy atom. The van der Waals surface area contributed by atoms with Crippen LogP contribution >= 0.6 is 15.9 Å². The van der Waals surface area contributed by atoms with Gasteiger partial charge in [0.15, 0.2) is 5.69 Å². The zero-order valence-electron chi connectivity index (χ0n) is 17.6. The number of methoxy groups -OCH3 is 1. The van der Waals surface area contributed by atoms with Gasteiger partial charge in [0.2, 0.25) is 5.90 Å². The predicted octanol–water partition coefficient (Wildman–Crippen LogP) is 5.79. The number of benzene rings is 1. The third-order valence-electron chi connectivity index (χ3n) is 5.10. The Bertz CT molecular complexity index is 907. The molecule has 0 unspecified atom stereocenters. The van der Waals surface area contributed by atoms with Gasteiger partial charge in [0.1, 0.15) is 5.82 Å². The number of halogens is 1. The molecule has 0 radical (unpaired) electrons. The average molecular weight is 474 g/mol. The summed E-state index contributed by atoms with van der Waals surface area (Å²) in [6.45, 7) is 3.77. The Kier molecular flexibility index (Phi) is 7.48. The second kappa shape index (κ2) is 10.1. The van der Waals surface area contributed by atoms with Crippen LogP contribution < -0.4 is 5.32 Å². The Hall–Kier alpha value is -2.41. The fourth-order valence-corrected chi connectivity index (χ4v) is 3.94. The Balaban J connectivity index is 2.17. The number of aromatic nitrogens is 1. The number of carbonyl (C=O) groups is 1. The van der Waals surface area contributed by atoms with Gasteiger partial charge in [-0.3, -0.25) is 5.41 Å². The van der Waals surface area contributed by atoms with Crippen molar-refractivity contribution in [1.82, 2.24) is 4.98 Å². The minimum atomic E-state index is -0.511. The van der Waals surface area contributed by atoms with E-state index in [9.17, 15) is 4.79 Å². The smallest absolute Gasteiger partial charge is 0.356 e. The first-order chi connectivity index (χ1) is 14.4. The van der Waals surface area contributed by atoms with E-state index in [-0.39, 0.29) is 23.7 Å². The lowest BCUT2D eigenvalue weighted by molar-refractivity contribution is 0.0594. The molecule has 1 aromatic carbocycles. The van der Waals surface area contributed by atoms with Crippen molar-refractivity contribution in [1.29, 1.82) is 5.41 Å². The normalized spacial score (nSPS) is 14.4. The summed E-state index contributed by atoms with van der Waals surface area (Å²) in [6, 6.07) is 9.67. The number of ether oxygens (including phenoxy) is 2. The number of anilines is 1. The van der Waals surface area contributed by atoms with Gasteiger partial charge in [-0.25, -0.2) is 9.78 Å². The van der Waals surface area contributed by atoms with Gasteiger partial charge in [-0.1, -0.05) is 47.3 Å². The summed E-state index contributed by atoms with van der Waals surface area (Å²) < 4.78 is 11.6. The van der Waals surface area contributed by atoms with Crippen LogP contribution in [-0.4, -0.2) is 36.1 Å². The maximum Gasteiger partial charge on any atom is 0.356 e. The Morgan fingerprint density at radius 3 is 2.47 bits per heavy atom. The largest absolute Gasteiger partial charge is 0.475 e. The summed E-state index contributed by atoms with van der Waals surface area (Å²) in [5, 5.41) is 12.1. The molecule has 0 bridgehead atoms. The van der Waals surface area contributed by atoms with E-state index >= 15 is 0 Å². The summed E-state index contributed by atoms with van der Waals surface area (Å²) in [5.74, 6) is 0.0152. The fraction of sp³-hybridized carbons (Fsp3) is 0.435. The van der Waals surface area contributed by atoms with E-state index in [2.05, 4.69) is 26.2 Å². The molecule has 0 amide bonds. The summed E-state index contributed by atoms with van der Waals surface area (Å²) in [6.07, 6.45) is 5.47. The minimum absolute atomic E-state index is 0.0325. The van der Waals surface area contributed by atoms with Gasteiger partial charge < -0.3 is 14.8 Å². The Morgan fingerprint density at radius 1 is 1.20 bits per heavy atom. The third kappa shape index (κ3) is 5.39. The molecule has 160 valence electrons. The van der Waals surface area contributed by atoms with E-state index in [1.807, 2.05) is 38.1 Å². The van der Waals surface area contributed by atoms with Crippen molar-refractivity contribution in [3.8, 4) is 11.1 Å². The maximum absolute atomic E-state index is 12.3. The number of nitrogens with zero attached hydrogens (tertiary/aromatic N) is 1. The van der Waals surface area contributed by atoms with Gasteiger partial charge in [-0.05, 0) is 50.5 Å². The third-order valence-corrected chi connectivity index (χ3v) is 5.62. The van der Waals surface area contributed by atoms with Gasteiger partial charge in [0.25, 0.3) is 0 Å². The minimum Gasteiger partial charge on any atom is -0.475 e. The molecule has 1 aromatic heterocycles. The molecule has 1 saturated carbocycles. The first-order valence-electron chi connectivity index (χ1n) is 10.3. The lowest BCUT2D eigenvalue weighted by atomic mass is 9.94. The topological polar surface area (TPSA) is 84.3 Å². The monoisotopic (exact) mass is 473 g/mol. The average Bonchev–Trinajstić information content (AvgIpc) is 2.73. The molecule has 0 saturated heterocycles. The van der Waals surface area contributed by atoms with Crippen LogP contribution in [0.1, 0.15) is 62.0 Å². The number of pyridine rings is 1. The lowest BCUT2D eigenvalue weighted by Crippen LogP contribution is -2.26. The number of hydrogen-bond donors (Lipinski definition) is 2. The molecule has 0 aliphatic heterocycles. The van der Waals surface area contributed by atoms with E-state index in [0.717, 1.165) is 35.7 Å². The van der Waals surface area contributed by atoms with Crippen LogP contribution in [0.4, 0.5) is 5.82 Å². The molecule has 2 aromatic rings. The van der Waals surface area contributed by atoms with E-state index in [0.29, 0.717) is 16.9 Å². The molecule has 6 nitrogen and oxygen atoms in total. The molecule has 2 N–H and O–H groups in total. The number of hydrogen-bond acceptors (Lipinski definition) is 6. The summed E-state index contributed by atoms with van der Waals surface area (Å²) in [7, 11) is 1.34. The van der Waals surface area contributed by atoms with Crippen molar-refractivity contribution in [2.24, 2.45) is 0 Å². The molecule has 1 heterocycles. The summed E-state index contributed by atoms with van der Waals surface area (Å²) >= 11 is 3.46. The molecule has 0 atom stereocenters. The van der Waals surface area contributed by atoms with Crippen molar-refractivity contribution in [3.05, 3.63) is 46.1 Å². The van der Waals surface area contributed by atoms with Crippen LogP contribution in [0, 0.1) is 5.41 Å². The van der Waals surface area contributed by atoms with E-state index in [1.54, 1.807) is 6.07 Å². The first-order valence-corrected chi connectivity index (χ1v) is 11.1. The van der Waals surface area contributed by atoms with Crippen LogP contribution in [0.15, 0.2) is 34.8 Å². The number of rotatable bonds is 6. The first kappa shape index (κ1) is 22.3. The fourth-order valence-electron chi connectivity index (χ4n) is 3.68. The SMILES string of the molecule is COC(=O)c1cc(-c2ccc(Br)cc2)c(C(=N)OC(C)C)c(NC2CCCCC2)n1. The highest BCUT2D eigenvalue weighted by Crippen LogP contribution is 2.33. The van der Waals surface area contributed by atoms with E-state index in [1.165, 1.54) is 13.5 Å². The molecular weight excluding hydrogens is 446 g/mol. The molecule has 7 heteroatoms. The van der Waals surface area contributed by atoms with Gasteiger partial charge in [-0.15, -0.1) is 0 Å². The van der Waals surface area contributed by atoms with Gasteiger partial charge in [0.05, 0.1) is 18.8 Å². The van der Waals surface area contributed by atoms with Crippen LogP contribution in [-0.2, 0) is 9.47 Å². The highest BCUT2D eigenvalue weighted by atomic mass is 79.9. The second-order valence-corrected chi connectivity index (χ2v) is 8.67. The molecular formula is C23H28BrN3O3.